The van der Waals surface area contributed by atoms with Crippen LogP contribution in [0.25, 0.3) is 0 Å². The molecular weight excluding hydrogens is 492 g/mol. The van der Waals surface area contributed by atoms with E-state index in [1.54, 1.807) is 0 Å². The van der Waals surface area contributed by atoms with E-state index in [0.717, 1.165) is 19.2 Å². The molecule has 2 aromatic rings. The SMILES string of the molecule is COc1ccc(C(=O)N2CCC3(CC2)c2ccc(C(=O)C(F)(F)F)n2CC(C)N3C)cc1C(F)(F)F. The van der Waals surface area contributed by atoms with E-state index in [9.17, 15) is 35.9 Å². The van der Waals surface area contributed by atoms with Crippen molar-refractivity contribution in [2.24, 2.45) is 0 Å². The second-order valence-electron chi connectivity index (χ2n) is 9.24. The molecule has 6 nitrogen and oxygen atoms in total. The average Bonchev–Trinajstić information content (AvgIpc) is 3.24. The van der Waals surface area contributed by atoms with Gasteiger partial charge < -0.3 is 14.2 Å². The van der Waals surface area contributed by atoms with Crippen LogP contribution in [0.15, 0.2) is 30.3 Å². The Morgan fingerprint density at radius 2 is 1.67 bits per heavy atom. The zero-order valence-electron chi connectivity index (χ0n) is 19.8. The largest absolute Gasteiger partial charge is 0.496 e. The predicted molar refractivity (Wildman–Crippen MR) is 117 cm³/mol. The molecule has 1 aromatic heterocycles. The number of amides is 1. The summed E-state index contributed by atoms with van der Waals surface area (Å²) in [5, 5.41) is 0. The van der Waals surface area contributed by atoms with E-state index in [2.05, 4.69) is 0 Å². The Labute approximate surface area is 203 Å². The molecule has 1 atom stereocenters. The Hall–Kier alpha value is -3.02. The summed E-state index contributed by atoms with van der Waals surface area (Å²) in [6, 6.07) is 5.66. The Morgan fingerprint density at radius 1 is 1.03 bits per heavy atom. The Bertz CT molecular complexity index is 1180. The quantitative estimate of drug-likeness (QED) is 0.437. The minimum atomic E-state index is -5.00. The number of halogens is 6. The van der Waals surface area contributed by atoms with E-state index in [1.165, 1.54) is 27.7 Å². The maximum absolute atomic E-state index is 13.4. The molecule has 36 heavy (non-hydrogen) atoms. The van der Waals surface area contributed by atoms with Crippen LogP contribution in [0.2, 0.25) is 0 Å². The van der Waals surface area contributed by atoms with Crippen LogP contribution in [-0.2, 0) is 18.3 Å². The second kappa shape index (κ2) is 8.82. The van der Waals surface area contributed by atoms with Crippen LogP contribution in [0.4, 0.5) is 26.3 Å². The molecule has 2 aliphatic rings. The summed E-state index contributed by atoms with van der Waals surface area (Å²) >= 11 is 0. The van der Waals surface area contributed by atoms with E-state index in [0.29, 0.717) is 18.5 Å². The van der Waals surface area contributed by atoms with E-state index < -0.39 is 40.8 Å². The highest BCUT2D eigenvalue weighted by molar-refractivity contribution is 5.99. The van der Waals surface area contributed by atoms with Gasteiger partial charge in [0.05, 0.1) is 23.9 Å². The molecule has 3 heterocycles. The molecular formula is C24H25F6N3O3. The molecule has 0 aliphatic carbocycles. The number of likely N-dealkylation sites (tertiary alicyclic amines) is 1. The number of aromatic nitrogens is 1. The Balaban J connectivity index is 1.61. The van der Waals surface area contributed by atoms with Crippen molar-refractivity contribution in [3.05, 3.63) is 52.8 Å². The monoisotopic (exact) mass is 517 g/mol. The molecule has 0 N–H and O–H groups in total. The highest BCUT2D eigenvalue weighted by Crippen LogP contribution is 2.44. The lowest BCUT2D eigenvalue weighted by Crippen LogP contribution is -2.59. The standard InChI is InChI=1S/C24H25F6N3O3/c1-14-13-33-17(20(34)24(28,29)30)5-7-19(33)22(31(14)2)8-10-32(11-9-22)21(35)15-4-6-18(36-3)16(12-15)23(25,26)27/h4-7,12,14H,8-11,13H2,1-3H3. The fourth-order valence-corrected chi connectivity index (χ4v) is 5.34. The van der Waals surface area contributed by atoms with Gasteiger partial charge in [-0.1, -0.05) is 0 Å². The number of nitrogens with zero attached hydrogens (tertiary/aromatic N) is 3. The molecule has 1 aromatic carbocycles. The summed E-state index contributed by atoms with van der Waals surface area (Å²) in [4.78, 5) is 28.6. The van der Waals surface area contributed by atoms with Gasteiger partial charge in [0.15, 0.2) is 0 Å². The lowest BCUT2D eigenvalue weighted by molar-refractivity contribution is -0.138. The number of benzene rings is 1. The van der Waals surface area contributed by atoms with Crippen LogP contribution in [-0.4, -0.2) is 65.5 Å². The number of ketones is 1. The summed E-state index contributed by atoms with van der Waals surface area (Å²) in [5.41, 5.74) is -1.77. The normalized spacial score (nSPS) is 20.4. The first kappa shape index (κ1) is 26.1. The summed E-state index contributed by atoms with van der Waals surface area (Å²) in [6.07, 6.45) is -9.03. The smallest absolute Gasteiger partial charge is 0.456 e. The molecule has 1 spiro atoms. The highest BCUT2D eigenvalue weighted by atomic mass is 19.4. The second-order valence-corrected chi connectivity index (χ2v) is 9.24. The Kier molecular flexibility index (Phi) is 6.39. The lowest BCUT2D eigenvalue weighted by Gasteiger charge is -2.53. The number of methoxy groups -OCH3 is 1. The highest BCUT2D eigenvalue weighted by Gasteiger charge is 2.49. The third kappa shape index (κ3) is 4.25. The van der Waals surface area contributed by atoms with Gasteiger partial charge in [-0.3, -0.25) is 14.5 Å². The molecule has 1 unspecified atom stereocenters. The molecule has 1 fully saturated rings. The number of likely N-dealkylation sites (N-methyl/N-ethyl adjacent to an activating group) is 1. The number of ether oxygens (including phenoxy) is 1. The minimum Gasteiger partial charge on any atom is -0.496 e. The summed E-state index contributed by atoms with van der Waals surface area (Å²) < 4.78 is 85.8. The molecule has 2 aliphatic heterocycles. The number of hydrogen-bond acceptors (Lipinski definition) is 4. The first-order valence-electron chi connectivity index (χ1n) is 11.3. The fraction of sp³-hybridized carbons (Fsp3) is 0.500. The summed E-state index contributed by atoms with van der Waals surface area (Å²) in [7, 11) is 2.96. The van der Waals surface area contributed by atoms with E-state index in [4.69, 9.17) is 4.74 Å². The zero-order chi connectivity index (χ0) is 26.6. The molecule has 0 bridgehead atoms. The number of carbonyl (C=O) groups excluding carboxylic acids is 2. The van der Waals surface area contributed by atoms with Crippen molar-refractivity contribution < 1.29 is 40.7 Å². The van der Waals surface area contributed by atoms with Crippen LogP contribution in [0, 0.1) is 0 Å². The fourth-order valence-electron chi connectivity index (χ4n) is 5.34. The number of rotatable bonds is 3. The van der Waals surface area contributed by atoms with Crippen molar-refractivity contribution in [3.63, 3.8) is 0 Å². The minimum absolute atomic E-state index is 0.133. The molecule has 196 valence electrons. The van der Waals surface area contributed by atoms with Crippen LogP contribution >= 0.6 is 0 Å². The number of alkyl halides is 6. The van der Waals surface area contributed by atoms with E-state index >= 15 is 0 Å². The van der Waals surface area contributed by atoms with E-state index in [-0.39, 0.29) is 37.0 Å². The number of Topliss-reactive ketones (excluding diaryl/α,β-unsaturated/α-hetero) is 1. The molecule has 12 heteroatoms. The van der Waals surface area contributed by atoms with Crippen molar-refractivity contribution in [1.82, 2.24) is 14.4 Å². The van der Waals surface area contributed by atoms with Crippen molar-refractivity contribution in [3.8, 4) is 5.75 Å². The predicted octanol–water partition coefficient (Wildman–Crippen LogP) is 4.73. The van der Waals surface area contributed by atoms with Gasteiger partial charge in [-0.15, -0.1) is 0 Å². The van der Waals surface area contributed by atoms with Gasteiger partial charge in [-0.2, -0.15) is 26.3 Å². The third-order valence-electron chi connectivity index (χ3n) is 7.36. The van der Waals surface area contributed by atoms with Gasteiger partial charge in [0.2, 0.25) is 0 Å². The molecule has 0 saturated carbocycles. The molecule has 1 amide bonds. The topological polar surface area (TPSA) is 54.8 Å². The lowest BCUT2D eigenvalue weighted by atomic mass is 9.80. The van der Waals surface area contributed by atoms with Crippen molar-refractivity contribution in [2.45, 2.75) is 50.2 Å². The zero-order valence-corrected chi connectivity index (χ0v) is 19.8. The molecule has 1 saturated heterocycles. The Morgan fingerprint density at radius 3 is 2.22 bits per heavy atom. The number of carbonyl (C=O) groups is 2. The molecule has 4 rings (SSSR count). The first-order chi connectivity index (χ1) is 16.7. The van der Waals surface area contributed by atoms with Gasteiger partial charge in [0.1, 0.15) is 5.75 Å². The number of hydrogen-bond donors (Lipinski definition) is 0. The van der Waals surface area contributed by atoms with Crippen LogP contribution in [0.3, 0.4) is 0 Å². The van der Waals surface area contributed by atoms with Gasteiger partial charge in [-0.25, -0.2) is 0 Å². The summed E-state index contributed by atoms with van der Waals surface area (Å²) in [6.45, 7) is 2.40. The first-order valence-corrected chi connectivity index (χ1v) is 11.3. The van der Waals surface area contributed by atoms with Crippen molar-refractivity contribution in [1.29, 1.82) is 0 Å². The number of fused-ring (bicyclic) bond motifs is 2. The van der Waals surface area contributed by atoms with Crippen molar-refractivity contribution in [2.75, 3.05) is 27.2 Å². The maximum Gasteiger partial charge on any atom is 0.456 e. The maximum atomic E-state index is 13.4. The van der Waals surface area contributed by atoms with Gasteiger partial charge in [0, 0.05) is 36.9 Å². The van der Waals surface area contributed by atoms with Gasteiger partial charge in [0.25, 0.3) is 11.7 Å². The van der Waals surface area contributed by atoms with Crippen LogP contribution in [0.5, 0.6) is 5.75 Å². The van der Waals surface area contributed by atoms with E-state index in [1.807, 2.05) is 18.9 Å². The van der Waals surface area contributed by atoms with Gasteiger partial charge >= 0.3 is 12.4 Å². The van der Waals surface area contributed by atoms with Crippen LogP contribution in [0.1, 0.15) is 51.9 Å². The van der Waals surface area contributed by atoms with Crippen molar-refractivity contribution >= 4 is 11.7 Å². The summed E-state index contributed by atoms with van der Waals surface area (Å²) in [5.74, 6) is -2.87. The average molecular weight is 517 g/mol. The van der Waals surface area contributed by atoms with Gasteiger partial charge in [-0.05, 0) is 57.1 Å². The van der Waals surface area contributed by atoms with Crippen LogP contribution < -0.4 is 4.74 Å². The molecule has 0 radical (unpaired) electrons. The number of piperidine rings is 1. The third-order valence-corrected chi connectivity index (χ3v) is 7.36.